The van der Waals surface area contributed by atoms with Crippen LogP contribution in [0.25, 0.3) is 0 Å². The lowest BCUT2D eigenvalue weighted by Gasteiger charge is -2.06. The molecule has 94 valence electrons. The highest BCUT2D eigenvalue weighted by Gasteiger charge is 2.09. The average Bonchev–Trinajstić information content (AvgIpc) is 2.41. The van der Waals surface area contributed by atoms with E-state index in [0.717, 1.165) is 6.07 Å². The van der Waals surface area contributed by atoms with Crippen molar-refractivity contribution < 1.29 is 14.1 Å². The normalized spacial score (nSPS) is 9.68. The molecule has 0 unspecified atom stereocenters. The van der Waals surface area contributed by atoms with Crippen molar-refractivity contribution in [1.29, 1.82) is 5.26 Å². The van der Waals surface area contributed by atoms with Crippen molar-refractivity contribution in [3.63, 3.8) is 0 Å². The topological polar surface area (TPSA) is 76.2 Å². The van der Waals surface area contributed by atoms with Crippen LogP contribution in [0.3, 0.4) is 0 Å². The van der Waals surface area contributed by atoms with E-state index in [1.807, 2.05) is 0 Å². The van der Waals surface area contributed by atoms with E-state index in [9.17, 15) is 14.5 Å². The minimum absolute atomic E-state index is 0.0977. The van der Waals surface area contributed by atoms with Crippen molar-refractivity contribution in [1.82, 2.24) is 0 Å². The maximum atomic E-state index is 13.6. The Morgan fingerprint density at radius 1 is 1.26 bits per heavy atom. The summed E-state index contributed by atoms with van der Waals surface area (Å²) in [4.78, 5) is 10.0. The summed E-state index contributed by atoms with van der Waals surface area (Å²) in [6.07, 6.45) is 0. The quantitative estimate of drug-likeness (QED) is 0.624. The molecule has 0 saturated carbocycles. The lowest BCUT2D eigenvalue weighted by molar-refractivity contribution is -0.384. The van der Waals surface area contributed by atoms with Gasteiger partial charge in [0.15, 0.2) is 11.6 Å². The van der Waals surface area contributed by atoms with Gasteiger partial charge in [-0.3, -0.25) is 10.1 Å². The number of hydrogen-bond donors (Lipinski definition) is 0. The van der Waals surface area contributed by atoms with Crippen LogP contribution in [0, 0.1) is 27.3 Å². The predicted molar refractivity (Wildman–Crippen MR) is 64.3 cm³/mol. The number of nitrogens with zero attached hydrogens (tertiary/aromatic N) is 2. The second-order valence-corrected chi connectivity index (χ2v) is 3.61. The van der Waals surface area contributed by atoms with Crippen LogP contribution in [0.15, 0.2) is 42.5 Å². The molecule has 0 bridgehead atoms. The maximum absolute atomic E-state index is 13.6. The van der Waals surface area contributed by atoms with E-state index in [4.69, 9.17) is 10.00 Å². The molecule has 2 aromatic carbocycles. The Morgan fingerprint density at radius 3 is 2.68 bits per heavy atom. The van der Waals surface area contributed by atoms with Gasteiger partial charge in [-0.25, -0.2) is 4.39 Å². The van der Waals surface area contributed by atoms with Gasteiger partial charge in [-0.2, -0.15) is 5.26 Å². The first-order chi connectivity index (χ1) is 9.10. The molecular weight excluding hydrogens is 251 g/mol. The SMILES string of the molecule is N#Cc1ccc(Oc2cccc([N+](=O)[O-])c2)c(F)c1. The fraction of sp³-hybridized carbons (Fsp3) is 0. The molecule has 5 nitrogen and oxygen atoms in total. The minimum atomic E-state index is -0.703. The molecule has 0 saturated heterocycles. The molecule has 0 radical (unpaired) electrons. The van der Waals surface area contributed by atoms with Gasteiger partial charge < -0.3 is 4.74 Å². The van der Waals surface area contributed by atoms with E-state index in [2.05, 4.69) is 0 Å². The van der Waals surface area contributed by atoms with Gasteiger partial charge in [0.2, 0.25) is 0 Å². The summed E-state index contributed by atoms with van der Waals surface area (Å²) < 4.78 is 18.8. The summed E-state index contributed by atoms with van der Waals surface area (Å²) >= 11 is 0. The fourth-order valence-corrected chi connectivity index (χ4v) is 1.44. The summed E-state index contributed by atoms with van der Waals surface area (Å²) in [6.45, 7) is 0. The van der Waals surface area contributed by atoms with Crippen LogP contribution in [0.2, 0.25) is 0 Å². The summed E-state index contributed by atoms with van der Waals surface area (Å²) in [6, 6.07) is 10.9. The molecule has 19 heavy (non-hydrogen) atoms. The lowest BCUT2D eigenvalue weighted by Crippen LogP contribution is -1.91. The van der Waals surface area contributed by atoms with E-state index in [1.54, 1.807) is 6.07 Å². The van der Waals surface area contributed by atoms with Gasteiger partial charge in [0.25, 0.3) is 5.69 Å². The van der Waals surface area contributed by atoms with Crippen molar-refractivity contribution >= 4 is 5.69 Å². The molecule has 0 fully saturated rings. The molecule has 0 aliphatic carbocycles. The first-order valence-corrected chi connectivity index (χ1v) is 5.22. The number of hydrogen-bond acceptors (Lipinski definition) is 4. The van der Waals surface area contributed by atoms with E-state index in [0.29, 0.717) is 0 Å². The molecule has 0 amide bonds. The standard InChI is InChI=1S/C13H7FN2O3/c14-12-6-9(8-15)4-5-13(12)19-11-3-1-2-10(7-11)16(17)18/h1-7H. The third kappa shape index (κ3) is 2.84. The van der Waals surface area contributed by atoms with Crippen LogP contribution < -0.4 is 4.74 Å². The van der Waals surface area contributed by atoms with Gasteiger partial charge in [-0.1, -0.05) is 6.07 Å². The number of nitro benzene ring substituents is 1. The molecule has 0 atom stereocenters. The van der Waals surface area contributed by atoms with E-state index in [-0.39, 0.29) is 22.7 Å². The van der Waals surface area contributed by atoms with Gasteiger partial charge in [-0.15, -0.1) is 0 Å². The number of rotatable bonds is 3. The Bertz CT molecular complexity index is 680. The highest BCUT2D eigenvalue weighted by Crippen LogP contribution is 2.27. The first kappa shape index (κ1) is 12.5. The summed E-state index contributed by atoms with van der Waals surface area (Å²) in [5.41, 5.74) is 0.0236. The Kier molecular flexibility index (Phi) is 3.39. The molecule has 2 aromatic rings. The molecule has 0 aromatic heterocycles. The highest BCUT2D eigenvalue weighted by atomic mass is 19.1. The molecule has 0 heterocycles. The highest BCUT2D eigenvalue weighted by molar-refractivity contribution is 5.42. The molecule has 2 rings (SSSR count). The zero-order chi connectivity index (χ0) is 13.8. The van der Waals surface area contributed by atoms with Crippen molar-refractivity contribution in [2.24, 2.45) is 0 Å². The Hall–Kier alpha value is -2.94. The molecule has 0 spiro atoms. The van der Waals surface area contributed by atoms with Gasteiger partial charge in [-0.05, 0) is 24.3 Å². The molecule has 0 aliphatic rings. The van der Waals surface area contributed by atoms with Gasteiger partial charge in [0.05, 0.1) is 22.6 Å². The van der Waals surface area contributed by atoms with Gasteiger partial charge in [0, 0.05) is 6.07 Å². The number of ether oxygens (including phenoxy) is 1. The number of benzene rings is 2. The van der Waals surface area contributed by atoms with E-state index >= 15 is 0 Å². The van der Waals surface area contributed by atoms with Crippen molar-refractivity contribution in [2.75, 3.05) is 0 Å². The lowest BCUT2D eigenvalue weighted by atomic mass is 10.2. The van der Waals surface area contributed by atoms with Crippen molar-refractivity contribution in [3.05, 3.63) is 64.0 Å². The van der Waals surface area contributed by atoms with E-state index < -0.39 is 10.7 Å². The smallest absolute Gasteiger partial charge is 0.273 e. The predicted octanol–water partition coefficient (Wildman–Crippen LogP) is 3.40. The van der Waals surface area contributed by atoms with Gasteiger partial charge >= 0.3 is 0 Å². The van der Waals surface area contributed by atoms with E-state index in [1.165, 1.54) is 36.4 Å². The van der Waals surface area contributed by atoms with Gasteiger partial charge in [0.1, 0.15) is 5.75 Å². The monoisotopic (exact) mass is 258 g/mol. The largest absolute Gasteiger partial charge is 0.454 e. The second-order valence-electron chi connectivity index (χ2n) is 3.61. The maximum Gasteiger partial charge on any atom is 0.273 e. The zero-order valence-electron chi connectivity index (χ0n) is 9.54. The third-order valence-electron chi connectivity index (χ3n) is 2.32. The third-order valence-corrected chi connectivity index (χ3v) is 2.32. The van der Waals surface area contributed by atoms with Crippen LogP contribution in [0.5, 0.6) is 11.5 Å². The Balaban J connectivity index is 2.29. The number of nitro groups is 1. The summed E-state index contributed by atoms with van der Waals surface area (Å²) in [5.74, 6) is -0.650. The summed E-state index contributed by atoms with van der Waals surface area (Å²) in [5, 5.41) is 19.2. The number of nitriles is 1. The second kappa shape index (κ2) is 5.14. The zero-order valence-corrected chi connectivity index (χ0v) is 9.54. The molecule has 0 aliphatic heterocycles. The van der Waals surface area contributed by atoms with Crippen molar-refractivity contribution in [3.8, 4) is 17.6 Å². The molecule has 6 heteroatoms. The van der Waals surface area contributed by atoms with Crippen LogP contribution in [0.4, 0.5) is 10.1 Å². The summed E-state index contributed by atoms with van der Waals surface area (Å²) in [7, 11) is 0. The van der Waals surface area contributed by atoms with Crippen molar-refractivity contribution in [2.45, 2.75) is 0 Å². The molecular formula is C13H7FN2O3. The fourth-order valence-electron chi connectivity index (χ4n) is 1.44. The van der Waals surface area contributed by atoms with Crippen LogP contribution >= 0.6 is 0 Å². The molecule has 0 N–H and O–H groups in total. The Labute approximate surface area is 107 Å². The average molecular weight is 258 g/mol. The minimum Gasteiger partial charge on any atom is -0.454 e. The van der Waals surface area contributed by atoms with Crippen LogP contribution in [0.1, 0.15) is 5.56 Å². The number of halogens is 1. The first-order valence-electron chi connectivity index (χ1n) is 5.22. The number of non-ortho nitro benzene ring substituents is 1. The Morgan fingerprint density at radius 2 is 2.05 bits per heavy atom. The van der Waals surface area contributed by atoms with Crippen LogP contribution in [-0.2, 0) is 0 Å². The van der Waals surface area contributed by atoms with Crippen LogP contribution in [-0.4, -0.2) is 4.92 Å².